The van der Waals surface area contributed by atoms with Crippen molar-refractivity contribution in [3.63, 3.8) is 0 Å². The molecular formula is C15H19N5O4. The van der Waals surface area contributed by atoms with Crippen LogP contribution < -0.4 is 11.4 Å². The van der Waals surface area contributed by atoms with Crippen molar-refractivity contribution in [2.75, 3.05) is 0 Å². The molecule has 0 fully saturated rings. The number of nitro groups is 1. The van der Waals surface area contributed by atoms with Gasteiger partial charge < -0.3 is 5.73 Å². The lowest BCUT2D eigenvalue weighted by molar-refractivity contribution is -0.385. The Labute approximate surface area is 137 Å². The van der Waals surface area contributed by atoms with Crippen molar-refractivity contribution in [1.82, 2.24) is 14.3 Å². The minimum atomic E-state index is -0.751. The highest BCUT2D eigenvalue weighted by atomic mass is 16.6. The summed E-state index contributed by atoms with van der Waals surface area (Å²) in [6, 6.07) is 3.95. The fourth-order valence-electron chi connectivity index (χ4n) is 2.30. The molecule has 24 heavy (non-hydrogen) atoms. The van der Waals surface area contributed by atoms with Crippen LogP contribution in [0.5, 0.6) is 0 Å². The Morgan fingerprint density at radius 1 is 1.38 bits per heavy atom. The van der Waals surface area contributed by atoms with Gasteiger partial charge >= 0.3 is 5.69 Å². The minimum absolute atomic E-state index is 0.0178. The Hall–Kier alpha value is -2.97. The maximum absolute atomic E-state index is 12.5. The molecule has 0 aliphatic carbocycles. The predicted molar refractivity (Wildman–Crippen MR) is 86.9 cm³/mol. The highest BCUT2D eigenvalue weighted by Gasteiger charge is 2.23. The van der Waals surface area contributed by atoms with Gasteiger partial charge in [0.15, 0.2) is 0 Å². The number of nitrogens with zero attached hydrogens (tertiary/aromatic N) is 4. The molecule has 0 unspecified atom stereocenters. The quantitative estimate of drug-likeness (QED) is 0.663. The number of carbonyl (C=O) groups excluding carboxylic acids is 1. The predicted octanol–water partition coefficient (Wildman–Crippen LogP) is 1.16. The average Bonchev–Trinajstić information content (AvgIpc) is 2.75. The van der Waals surface area contributed by atoms with E-state index in [9.17, 15) is 19.7 Å². The Kier molecular flexibility index (Phi) is 4.28. The molecule has 0 aliphatic heterocycles. The van der Waals surface area contributed by atoms with Gasteiger partial charge in [-0.3, -0.25) is 19.5 Å². The lowest BCUT2D eigenvalue weighted by Gasteiger charge is -2.16. The first-order valence-electron chi connectivity index (χ1n) is 7.26. The van der Waals surface area contributed by atoms with E-state index in [1.807, 2.05) is 20.8 Å². The molecule has 9 nitrogen and oxygen atoms in total. The van der Waals surface area contributed by atoms with Crippen molar-refractivity contribution >= 4 is 11.6 Å². The van der Waals surface area contributed by atoms with Crippen LogP contribution in [-0.4, -0.2) is 25.2 Å². The summed E-state index contributed by atoms with van der Waals surface area (Å²) in [5.41, 5.74) is 4.37. The van der Waals surface area contributed by atoms with Gasteiger partial charge in [0.2, 0.25) is 5.91 Å². The molecule has 2 aromatic rings. The number of carbonyl (C=O) groups is 1. The van der Waals surface area contributed by atoms with Crippen LogP contribution >= 0.6 is 0 Å². The topological polar surface area (TPSA) is 126 Å². The second-order valence-electron chi connectivity index (χ2n) is 6.46. The molecule has 0 atom stereocenters. The van der Waals surface area contributed by atoms with Gasteiger partial charge in [-0.15, -0.1) is 0 Å². The van der Waals surface area contributed by atoms with Crippen LogP contribution in [0.4, 0.5) is 5.69 Å². The highest BCUT2D eigenvalue weighted by Crippen LogP contribution is 2.21. The number of rotatable bonds is 4. The molecule has 1 heterocycles. The normalized spacial score (nSPS) is 11.5. The summed E-state index contributed by atoms with van der Waals surface area (Å²) >= 11 is 0. The van der Waals surface area contributed by atoms with Crippen molar-refractivity contribution in [3.05, 3.63) is 55.7 Å². The Morgan fingerprint density at radius 3 is 2.46 bits per heavy atom. The van der Waals surface area contributed by atoms with E-state index >= 15 is 0 Å². The van der Waals surface area contributed by atoms with Gasteiger partial charge in [0, 0.05) is 17.2 Å². The summed E-state index contributed by atoms with van der Waals surface area (Å²) < 4.78 is 2.70. The lowest BCUT2D eigenvalue weighted by Crippen LogP contribution is -2.36. The summed E-state index contributed by atoms with van der Waals surface area (Å²) in [5, 5.41) is 15.5. The van der Waals surface area contributed by atoms with Gasteiger partial charge in [0.1, 0.15) is 5.82 Å². The number of nitro benzene ring substituents is 1. The van der Waals surface area contributed by atoms with Crippen LogP contribution in [0.15, 0.2) is 23.0 Å². The largest absolute Gasteiger partial charge is 0.366 e. The van der Waals surface area contributed by atoms with Crippen LogP contribution in [-0.2, 0) is 12.1 Å². The van der Waals surface area contributed by atoms with E-state index in [0.29, 0.717) is 11.4 Å². The molecule has 128 valence electrons. The van der Waals surface area contributed by atoms with E-state index in [4.69, 9.17) is 5.73 Å². The molecule has 0 saturated heterocycles. The summed E-state index contributed by atoms with van der Waals surface area (Å²) in [6.45, 7) is 7.17. The fourth-order valence-corrected chi connectivity index (χ4v) is 2.30. The molecule has 0 spiro atoms. The van der Waals surface area contributed by atoms with Crippen molar-refractivity contribution in [1.29, 1.82) is 0 Å². The number of aromatic nitrogens is 3. The van der Waals surface area contributed by atoms with E-state index in [1.54, 1.807) is 6.92 Å². The van der Waals surface area contributed by atoms with Crippen LogP contribution in [0.1, 0.15) is 42.5 Å². The Morgan fingerprint density at radius 2 is 2.00 bits per heavy atom. The van der Waals surface area contributed by atoms with Crippen molar-refractivity contribution in [2.24, 2.45) is 5.73 Å². The van der Waals surface area contributed by atoms with Crippen molar-refractivity contribution < 1.29 is 9.72 Å². The second-order valence-corrected chi connectivity index (χ2v) is 6.46. The maximum atomic E-state index is 12.5. The van der Waals surface area contributed by atoms with Crippen LogP contribution in [0.25, 0.3) is 0 Å². The molecule has 9 heteroatoms. The molecule has 2 N–H and O–H groups in total. The van der Waals surface area contributed by atoms with Gasteiger partial charge in [-0.2, -0.15) is 5.10 Å². The number of aryl methyl sites for hydroxylation is 1. The minimum Gasteiger partial charge on any atom is -0.366 e. The Bertz CT molecular complexity index is 873. The van der Waals surface area contributed by atoms with E-state index in [-0.39, 0.29) is 23.5 Å². The van der Waals surface area contributed by atoms with Gasteiger partial charge in [-0.25, -0.2) is 9.48 Å². The number of nitrogens with two attached hydrogens (primary N) is 1. The van der Waals surface area contributed by atoms with Gasteiger partial charge in [0.05, 0.1) is 17.0 Å². The fraction of sp³-hybridized carbons (Fsp3) is 0.400. The van der Waals surface area contributed by atoms with Crippen LogP contribution in [0.3, 0.4) is 0 Å². The maximum Gasteiger partial charge on any atom is 0.346 e. The van der Waals surface area contributed by atoms with Crippen LogP contribution in [0.2, 0.25) is 0 Å². The molecule has 1 aromatic heterocycles. The van der Waals surface area contributed by atoms with E-state index < -0.39 is 16.4 Å². The standard InChI is InChI=1S/C15H19N5O4/c1-9-17-19(15(2,3)4)14(22)18(9)8-11-6-5-10(13(16)21)7-12(11)20(23)24/h5-7H,8H2,1-4H3,(H2,16,21). The first kappa shape index (κ1) is 17.4. The van der Waals surface area contributed by atoms with Gasteiger partial charge in [-0.1, -0.05) is 0 Å². The molecule has 0 aliphatic rings. The number of hydrogen-bond donors (Lipinski definition) is 1. The van der Waals surface area contributed by atoms with Gasteiger partial charge in [0.25, 0.3) is 5.69 Å². The molecule has 0 bridgehead atoms. The summed E-state index contributed by atoms with van der Waals surface area (Å²) in [5.74, 6) is -0.304. The first-order valence-corrected chi connectivity index (χ1v) is 7.26. The molecular weight excluding hydrogens is 314 g/mol. The molecule has 0 radical (unpaired) electrons. The van der Waals surface area contributed by atoms with Crippen molar-refractivity contribution in [2.45, 2.75) is 39.8 Å². The monoisotopic (exact) mass is 333 g/mol. The molecule has 0 saturated carbocycles. The summed E-state index contributed by atoms with van der Waals surface area (Å²) in [7, 11) is 0. The number of benzene rings is 1. The van der Waals surface area contributed by atoms with E-state index in [2.05, 4.69) is 5.10 Å². The summed E-state index contributed by atoms with van der Waals surface area (Å²) in [4.78, 5) is 34.4. The first-order chi connectivity index (χ1) is 11.0. The van der Waals surface area contributed by atoms with Crippen LogP contribution in [0, 0.1) is 17.0 Å². The zero-order valence-corrected chi connectivity index (χ0v) is 13.9. The highest BCUT2D eigenvalue weighted by molar-refractivity contribution is 5.93. The van der Waals surface area contributed by atoms with Crippen molar-refractivity contribution in [3.8, 4) is 0 Å². The second kappa shape index (κ2) is 5.91. The number of amides is 1. The van der Waals surface area contributed by atoms with Gasteiger partial charge in [-0.05, 0) is 39.8 Å². The zero-order chi connectivity index (χ0) is 18.2. The smallest absolute Gasteiger partial charge is 0.346 e. The number of primary amides is 1. The third kappa shape index (κ3) is 3.19. The number of hydrogen-bond acceptors (Lipinski definition) is 5. The average molecular weight is 333 g/mol. The Balaban J connectivity index is 2.53. The van der Waals surface area contributed by atoms with E-state index in [1.165, 1.54) is 21.4 Å². The zero-order valence-electron chi connectivity index (χ0n) is 13.9. The molecule has 1 amide bonds. The summed E-state index contributed by atoms with van der Waals surface area (Å²) in [6.07, 6.45) is 0. The lowest BCUT2D eigenvalue weighted by atomic mass is 10.1. The third-order valence-electron chi connectivity index (χ3n) is 3.58. The SMILES string of the molecule is Cc1nn(C(C)(C)C)c(=O)n1Cc1ccc(C(N)=O)cc1[N+](=O)[O-]. The van der Waals surface area contributed by atoms with E-state index in [0.717, 1.165) is 6.07 Å². The molecule has 1 aromatic carbocycles. The molecule has 2 rings (SSSR count). The third-order valence-corrected chi connectivity index (χ3v) is 3.58.